The SMILES string of the molecule is Cc1cc(CC2CSCC2Br)n(C)n1. The molecule has 0 N–H and O–H groups in total. The Labute approximate surface area is 97.6 Å². The molecule has 14 heavy (non-hydrogen) atoms. The van der Waals surface area contributed by atoms with Crippen molar-refractivity contribution in [3.8, 4) is 0 Å². The fourth-order valence-corrected chi connectivity index (χ4v) is 4.35. The molecule has 0 aromatic carbocycles. The molecule has 2 nitrogen and oxygen atoms in total. The Balaban J connectivity index is 2.06. The maximum Gasteiger partial charge on any atom is 0.0596 e. The van der Waals surface area contributed by atoms with E-state index < -0.39 is 0 Å². The molecule has 0 bridgehead atoms. The number of hydrogen-bond donors (Lipinski definition) is 0. The summed E-state index contributed by atoms with van der Waals surface area (Å²) >= 11 is 5.79. The Morgan fingerprint density at radius 2 is 2.43 bits per heavy atom. The van der Waals surface area contributed by atoms with E-state index in [9.17, 15) is 0 Å². The van der Waals surface area contributed by atoms with E-state index in [0.717, 1.165) is 18.0 Å². The second-order valence-electron chi connectivity index (χ2n) is 3.92. The number of hydrogen-bond acceptors (Lipinski definition) is 2. The summed E-state index contributed by atoms with van der Waals surface area (Å²) in [7, 11) is 2.04. The summed E-state index contributed by atoms with van der Waals surface area (Å²) in [6, 6.07) is 2.20. The van der Waals surface area contributed by atoms with E-state index in [4.69, 9.17) is 0 Å². The average molecular weight is 275 g/mol. The highest BCUT2D eigenvalue weighted by atomic mass is 79.9. The number of halogens is 1. The minimum absolute atomic E-state index is 0.683. The molecule has 0 saturated carbocycles. The van der Waals surface area contributed by atoms with Gasteiger partial charge >= 0.3 is 0 Å². The first kappa shape index (κ1) is 10.6. The Bertz CT molecular complexity index is 324. The van der Waals surface area contributed by atoms with Gasteiger partial charge in [-0.15, -0.1) is 0 Å². The van der Waals surface area contributed by atoms with Gasteiger partial charge in [0.2, 0.25) is 0 Å². The van der Waals surface area contributed by atoms with Gasteiger partial charge in [0, 0.05) is 23.3 Å². The summed E-state index contributed by atoms with van der Waals surface area (Å²) in [6.45, 7) is 2.05. The van der Waals surface area contributed by atoms with Gasteiger partial charge in [0.25, 0.3) is 0 Å². The minimum Gasteiger partial charge on any atom is -0.272 e. The molecule has 1 fully saturated rings. The second kappa shape index (κ2) is 4.27. The number of aromatic nitrogens is 2. The molecule has 0 spiro atoms. The molecule has 2 rings (SSSR count). The predicted octanol–water partition coefficient (Wildman–Crippen LogP) is 2.40. The number of thioether (sulfide) groups is 1. The molecule has 2 atom stereocenters. The summed E-state index contributed by atoms with van der Waals surface area (Å²) in [5.74, 6) is 3.30. The van der Waals surface area contributed by atoms with E-state index >= 15 is 0 Å². The van der Waals surface area contributed by atoms with Crippen molar-refractivity contribution < 1.29 is 0 Å². The van der Waals surface area contributed by atoms with Crippen LogP contribution in [0.2, 0.25) is 0 Å². The van der Waals surface area contributed by atoms with Crippen LogP contribution in [0.5, 0.6) is 0 Å². The molecule has 1 aliphatic rings. The van der Waals surface area contributed by atoms with Crippen molar-refractivity contribution in [3.05, 3.63) is 17.5 Å². The van der Waals surface area contributed by atoms with E-state index in [2.05, 4.69) is 34.0 Å². The third kappa shape index (κ3) is 2.16. The molecule has 78 valence electrons. The van der Waals surface area contributed by atoms with E-state index in [1.165, 1.54) is 17.2 Å². The summed E-state index contributed by atoms with van der Waals surface area (Å²) in [4.78, 5) is 0.683. The van der Waals surface area contributed by atoms with Crippen LogP contribution in [0.25, 0.3) is 0 Å². The van der Waals surface area contributed by atoms with Gasteiger partial charge in [0.1, 0.15) is 0 Å². The first-order valence-corrected chi connectivity index (χ1v) is 6.95. The van der Waals surface area contributed by atoms with Crippen LogP contribution in [0, 0.1) is 12.8 Å². The number of alkyl halides is 1. The maximum absolute atomic E-state index is 4.37. The summed E-state index contributed by atoms with van der Waals surface area (Å²) in [5, 5.41) is 4.37. The predicted molar refractivity (Wildman–Crippen MR) is 65.2 cm³/mol. The third-order valence-corrected chi connectivity index (χ3v) is 5.45. The summed E-state index contributed by atoms with van der Waals surface area (Å²) < 4.78 is 2.01. The zero-order valence-electron chi connectivity index (χ0n) is 8.53. The van der Waals surface area contributed by atoms with Crippen LogP contribution in [-0.4, -0.2) is 26.1 Å². The first-order chi connectivity index (χ1) is 6.66. The zero-order chi connectivity index (χ0) is 10.1. The van der Waals surface area contributed by atoms with Crippen LogP contribution < -0.4 is 0 Å². The first-order valence-electron chi connectivity index (χ1n) is 4.88. The van der Waals surface area contributed by atoms with Crippen molar-refractivity contribution in [2.24, 2.45) is 13.0 Å². The van der Waals surface area contributed by atoms with E-state index in [1.807, 2.05) is 23.5 Å². The van der Waals surface area contributed by atoms with E-state index in [0.29, 0.717) is 4.83 Å². The van der Waals surface area contributed by atoms with Crippen LogP contribution in [-0.2, 0) is 13.5 Å². The monoisotopic (exact) mass is 274 g/mol. The molecule has 0 amide bonds. The smallest absolute Gasteiger partial charge is 0.0596 e. The molecule has 0 aliphatic carbocycles. The molecule has 1 saturated heterocycles. The van der Waals surface area contributed by atoms with Crippen molar-refractivity contribution in [1.82, 2.24) is 9.78 Å². The van der Waals surface area contributed by atoms with Gasteiger partial charge in [-0.05, 0) is 31.1 Å². The fraction of sp³-hybridized carbons (Fsp3) is 0.700. The lowest BCUT2D eigenvalue weighted by Gasteiger charge is -2.12. The van der Waals surface area contributed by atoms with Gasteiger partial charge in [0.05, 0.1) is 5.69 Å². The topological polar surface area (TPSA) is 17.8 Å². The molecule has 1 aliphatic heterocycles. The van der Waals surface area contributed by atoms with Gasteiger partial charge in [-0.2, -0.15) is 16.9 Å². The molecule has 2 heterocycles. The highest BCUT2D eigenvalue weighted by molar-refractivity contribution is 9.09. The third-order valence-electron chi connectivity index (χ3n) is 2.69. The minimum atomic E-state index is 0.683. The van der Waals surface area contributed by atoms with Crippen molar-refractivity contribution >= 4 is 27.7 Å². The van der Waals surface area contributed by atoms with Gasteiger partial charge in [0.15, 0.2) is 0 Å². The lowest BCUT2D eigenvalue weighted by molar-refractivity contribution is 0.575. The van der Waals surface area contributed by atoms with Crippen molar-refractivity contribution in [2.45, 2.75) is 18.2 Å². The number of aryl methyl sites for hydroxylation is 2. The van der Waals surface area contributed by atoms with Crippen LogP contribution >= 0.6 is 27.7 Å². The summed E-state index contributed by atoms with van der Waals surface area (Å²) in [6.07, 6.45) is 1.15. The van der Waals surface area contributed by atoms with Crippen LogP contribution in [0.1, 0.15) is 11.4 Å². The van der Waals surface area contributed by atoms with Gasteiger partial charge in [-0.3, -0.25) is 4.68 Å². The molecule has 1 aromatic heterocycles. The normalized spacial score (nSPS) is 27.1. The number of rotatable bonds is 2. The zero-order valence-corrected chi connectivity index (χ0v) is 10.9. The van der Waals surface area contributed by atoms with Crippen molar-refractivity contribution in [1.29, 1.82) is 0 Å². The Kier molecular flexibility index (Phi) is 3.22. The van der Waals surface area contributed by atoms with Crippen molar-refractivity contribution in [2.75, 3.05) is 11.5 Å². The lowest BCUT2D eigenvalue weighted by atomic mass is 10.0. The summed E-state index contributed by atoms with van der Waals surface area (Å²) in [5.41, 5.74) is 2.48. The van der Waals surface area contributed by atoms with Gasteiger partial charge < -0.3 is 0 Å². The largest absolute Gasteiger partial charge is 0.272 e. The van der Waals surface area contributed by atoms with E-state index in [-0.39, 0.29) is 0 Å². The Morgan fingerprint density at radius 1 is 1.64 bits per heavy atom. The maximum atomic E-state index is 4.37. The van der Waals surface area contributed by atoms with Crippen LogP contribution in [0.15, 0.2) is 6.07 Å². The lowest BCUT2D eigenvalue weighted by Crippen LogP contribution is -2.16. The Hall–Kier alpha value is 0.0400. The standard InChI is InChI=1S/C10H15BrN2S/c1-7-3-9(13(2)12-7)4-8-5-14-6-10(8)11/h3,8,10H,4-6H2,1-2H3. The quantitative estimate of drug-likeness (QED) is 0.771. The van der Waals surface area contributed by atoms with E-state index in [1.54, 1.807) is 0 Å². The molecular formula is C10H15BrN2S. The molecule has 4 heteroatoms. The molecule has 0 radical (unpaired) electrons. The molecule has 1 aromatic rings. The Morgan fingerprint density at radius 3 is 2.93 bits per heavy atom. The number of nitrogens with zero attached hydrogens (tertiary/aromatic N) is 2. The van der Waals surface area contributed by atoms with Crippen LogP contribution in [0.4, 0.5) is 0 Å². The highest BCUT2D eigenvalue weighted by Crippen LogP contribution is 2.32. The van der Waals surface area contributed by atoms with Crippen LogP contribution in [0.3, 0.4) is 0 Å². The average Bonchev–Trinajstić information content (AvgIpc) is 2.62. The van der Waals surface area contributed by atoms with Gasteiger partial charge in [-0.1, -0.05) is 15.9 Å². The second-order valence-corrected chi connectivity index (χ2v) is 6.17. The highest BCUT2D eigenvalue weighted by Gasteiger charge is 2.26. The molecule has 2 unspecified atom stereocenters. The fourth-order valence-electron chi connectivity index (χ4n) is 1.88. The molecular weight excluding hydrogens is 260 g/mol. The van der Waals surface area contributed by atoms with Gasteiger partial charge in [-0.25, -0.2) is 0 Å². The van der Waals surface area contributed by atoms with Crippen molar-refractivity contribution in [3.63, 3.8) is 0 Å².